The topological polar surface area (TPSA) is 21.3 Å². The van der Waals surface area contributed by atoms with Crippen molar-refractivity contribution in [3.63, 3.8) is 0 Å². The molecule has 0 saturated heterocycles. The first-order chi connectivity index (χ1) is 6.83. The zero-order chi connectivity index (χ0) is 9.97. The van der Waals surface area contributed by atoms with Crippen LogP contribution in [0.15, 0.2) is 18.2 Å². The van der Waals surface area contributed by atoms with E-state index in [1.807, 2.05) is 14.0 Å². The van der Waals surface area contributed by atoms with Crippen LogP contribution in [0.2, 0.25) is 0 Å². The van der Waals surface area contributed by atoms with Gasteiger partial charge in [0.1, 0.15) is 5.75 Å². The third-order valence-electron chi connectivity index (χ3n) is 2.58. The Kier molecular flexibility index (Phi) is 2.62. The number of nitrogens with one attached hydrogen (secondary N) is 1. The fourth-order valence-corrected chi connectivity index (χ4v) is 1.67. The van der Waals surface area contributed by atoms with Crippen LogP contribution in [-0.2, 0) is 0 Å². The Bertz CT molecular complexity index is 318. The Labute approximate surface area is 85.3 Å². The highest BCUT2D eigenvalue weighted by molar-refractivity contribution is 5.52. The lowest BCUT2D eigenvalue weighted by Gasteiger charge is -2.09. The van der Waals surface area contributed by atoms with E-state index in [-0.39, 0.29) is 0 Å². The summed E-state index contributed by atoms with van der Waals surface area (Å²) in [6.07, 6.45) is 2.66. The van der Waals surface area contributed by atoms with Crippen molar-refractivity contribution in [1.82, 2.24) is 0 Å². The molecule has 0 aliphatic heterocycles. The van der Waals surface area contributed by atoms with Crippen LogP contribution < -0.4 is 10.1 Å². The molecule has 1 aliphatic rings. The zero-order valence-electron chi connectivity index (χ0n) is 8.84. The lowest BCUT2D eigenvalue weighted by atomic mass is 10.1. The van der Waals surface area contributed by atoms with Crippen LogP contribution in [0.5, 0.6) is 5.75 Å². The number of anilines is 1. The molecule has 1 aromatic carbocycles. The van der Waals surface area contributed by atoms with Gasteiger partial charge in [-0.25, -0.2) is 0 Å². The number of hydrogen-bond donors (Lipinski definition) is 1. The van der Waals surface area contributed by atoms with E-state index in [9.17, 15) is 0 Å². The maximum atomic E-state index is 5.53. The van der Waals surface area contributed by atoms with Gasteiger partial charge in [0.15, 0.2) is 0 Å². The lowest BCUT2D eigenvalue weighted by Crippen LogP contribution is -1.95. The second-order valence-electron chi connectivity index (χ2n) is 3.75. The van der Waals surface area contributed by atoms with E-state index in [2.05, 4.69) is 23.5 Å². The van der Waals surface area contributed by atoms with Gasteiger partial charge in [-0.05, 0) is 43.4 Å². The summed E-state index contributed by atoms with van der Waals surface area (Å²) in [6.45, 7) is 2.75. The van der Waals surface area contributed by atoms with Gasteiger partial charge in [-0.15, -0.1) is 0 Å². The standard InChI is InChI=1S/C12H17NO/c1-3-14-12-7-10(9-4-5-9)6-11(8-12)13-2/h6-9,13H,3-5H2,1-2H3. The van der Waals surface area contributed by atoms with Crippen molar-refractivity contribution in [3.8, 4) is 5.75 Å². The van der Waals surface area contributed by atoms with Crippen molar-refractivity contribution >= 4 is 5.69 Å². The molecule has 14 heavy (non-hydrogen) atoms. The average Bonchev–Trinajstić information content (AvgIpc) is 3.01. The first-order valence-electron chi connectivity index (χ1n) is 5.29. The van der Waals surface area contributed by atoms with Crippen LogP contribution in [0.25, 0.3) is 0 Å². The molecule has 0 heterocycles. The molecule has 0 amide bonds. The number of hydrogen-bond acceptors (Lipinski definition) is 2. The Morgan fingerprint density at radius 2 is 2.14 bits per heavy atom. The Balaban J connectivity index is 2.26. The van der Waals surface area contributed by atoms with Gasteiger partial charge < -0.3 is 10.1 Å². The molecule has 0 bridgehead atoms. The predicted molar refractivity (Wildman–Crippen MR) is 59.1 cm³/mol. The van der Waals surface area contributed by atoms with E-state index in [4.69, 9.17) is 4.74 Å². The second-order valence-corrected chi connectivity index (χ2v) is 3.75. The monoisotopic (exact) mass is 191 g/mol. The first-order valence-corrected chi connectivity index (χ1v) is 5.29. The second kappa shape index (κ2) is 3.91. The normalized spacial score (nSPS) is 15.3. The Morgan fingerprint density at radius 1 is 1.36 bits per heavy atom. The van der Waals surface area contributed by atoms with E-state index in [0.717, 1.165) is 24.0 Å². The molecular weight excluding hydrogens is 174 g/mol. The lowest BCUT2D eigenvalue weighted by molar-refractivity contribution is 0.340. The van der Waals surface area contributed by atoms with Crippen LogP contribution in [0.4, 0.5) is 5.69 Å². The molecule has 2 heteroatoms. The quantitative estimate of drug-likeness (QED) is 0.790. The van der Waals surface area contributed by atoms with Crippen molar-refractivity contribution < 1.29 is 4.74 Å². The highest BCUT2D eigenvalue weighted by atomic mass is 16.5. The molecule has 0 spiro atoms. The molecule has 1 fully saturated rings. The van der Waals surface area contributed by atoms with Crippen molar-refractivity contribution in [2.75, 3.05) is 19.0 Å². The van der Waals surface area contributed by atoms with E-state index in [1.54, 1.807) is 0 Å². The summed E-state index contributed by atoms with van der Waals surface area (Å²) in [5.41, 5.74) is 2.57. The fourth-order valence-electron chi connectivity index (χ4n) is 1.67. The molecule has 1 N–H and O–H groups in total. The average molecular weight is 191 g/mol. The van der Waals surface area contributed by atoms with Crippen molar-refractivity contribution in [2.24, 2.45) is 0 Å². The summed E-state index contributed by atoms with van der Waals surface area (Å²) >= 11 is 0. The van der Waals surface area contributed by atoms with E-state index in [0.29, 0.717) is 0 Å². The molecule has 1 aliphatic carbocycles. The fraction of sp³-hybridized carbons (Fsp3) is 0.500. The van der Waals surface area contributed by atoms with Crippen molar-refractivity contribution in [1.29, 1.82) is 0 Å². The molecular formula is C12H17NO. The molecule has 2 nitrogen and oxygen atoms in total. The van der Waals surface area contributed by atoms with Crippen LogP contribution >= 0.6 is 0 Å². The summed E-state index contributed by atoms with van der Waals surface area (Å²) in [5, 5.41) is 3.17. The molecule has 0 aromatic heterocycles. The Morgan fingerprint density at radius 3 is 2.71 bits per heavy atom. The van der Waals surface area contributed by atoms with Crippen LogP contribution in [-0.4, -0.2) is 13.7 Å². The third kappa shape index (κ3) is 2.00. The van der Waals surface area contributed by atoms with E-state index in [1.165, 1.54) is 18.4 Å². The van der Waals surface area contributed by atoms with Gasteiger partial charge in [-0.2, -0.15) is 0 Å². The molecule has 1 aromatic rings. The summed E-state index contributed by atoms with van der Waals surface area (Å²) in [5.74, 6) is 1.77. The molecule has 0 radical (unpaired) electrons. The van der Waals surface area contributed by atoms with Gasteiger partial charge in [0.25, 0.3) is 0 Å². The van der Waals surface area contributed by atoms with Crippen LogP contribution in [0.1, 0.15) is 31.2 Å². The molecule has 2 rings (SSSR count). The molecule has 0 atom stereocenters. The van der Waals surface area contributed by atoms with Gasteiger partial charge in [-0.3, -0.25) is 0 Å². The van der Waals surface area contributed by atoms with Crippen LogP contribution in [0, 0.1) is 0 Å². The van der Waals surface area contributed by atoms with Crippen molar-refractivity contribution in [2.45, 2.75) is 25.7 Å². The highest BCUT2D eigenvalue weighted by Gasteiger charge is 2.24. The first kappa shape index (κ1) is 9.38. The predicted octanol–water partition coefficient (Wildman–Crippen LogP) is 3.00. The van der Waals surface area contributed by atoms with Gasteiger partial charge in [0.2, 0.25) is 0 Å². The SMILES string of the molecule is CCOc1cc(NC)cc(C2CC2)c1. The zero-order valence-corrected chi connectivity index (χ0v) is 8.84. The molecule has 1 saturated carbocycles. The minimum Gasteiger partial charge on any atom is -0.494 e. The van der Waals surface area contributed by atoms with Gasteiger partial charge in [0.05, 0.1) is 6.61 Å². The van der Waals surface area contributed by atoms with Crippen LogP contribution in [0.3, 0.4) is 0 Å². The smallest absolute Gasteiger partial charge is 0.121 e. The number of benzene rings is 1. The summed E-state index contributed by atoms with van der Waals surface area (Å²) in [6, 6.07) is 6.44. The number of rotatable bonds is 4. The summed E-state index contributed by atoms with van der Waals surface area (Å²) in [7, 11) is 1.95. The van der Waals surface area contributed by atoms with Crippen molar-refractivity contribution in [3.05, 3.63) is 23.8 Å². The maximum absolute atomic E-state index is 5.53. The maximum Gasteiger partial charge on any atom is 0.121 e. The summed E-state index contributed by atoms with van der Waals surface area (Å²) < 4.78 is 5.53. The van der Waals surface area contributed by atoms with E-state index >= 15 is 0 Å². The largest absolute Gasteiger partial charge is 0.494 e. The van der Waals surface area contributed by atoms with Gasteiger partial charge in [-0.1, -0.05) is 0 Å². The summed E-state index contributed by atoms with van der Waals surface area (Å²) in [4.78, 5) is 0. The molecule has 76 valence electrons. The highest BCUT2D eigenvalue weighted by Crippen LogP contribution is 2.42. The minimum absolute atomic E-state index is 0.733. The Hall–Kier alpha value is -1.18. The van der Waals surface area contributed by atoms with Gasteiger partial charge in [0, 0.05) is 18.8 Å². The third-order valence-corrected chi connectivity index (χ3v) is 2.58. The molecule has 0 unspecified atom stereocenters. The van der Waals surface area contributed by atoms with E-state index < -0.39 is 0 Å². The minimum atomic E-state index is 0.733. The van der Waals surface area contributed by atoms with Gasteiger partial charge >= 0.3 is 0 Å². The number of ether oxygens (including phenoxy) is 1.